The van der Waals surface area contributed by atoms with Crippen LogP contribution in [0.3, 0.4) is 0 Å². The van der Waals surface area contributed by atoms with E-state index in [1.807, 2.05) is 6.07 Å². The van der Waals surface area contributed by atoms with Crippen LogP contribution in [-0.4, -0.2) is 9.55 Å². The first-order valence-electron chi connectivity index (χ1n) is 11.7. The lowest BCUT2D eigenvalue weighted by molar-refractivity contribution is -0.530. The molecule has 1 aliphatic rings. The molecule has 0 radical (unpaired) electrons. The Hall–Kier alpha value is -2.23. The average Bonchev–Trinajstić information content (AvgIpc) is 2.68. The second-order valence-electron chi connectivity index (χ2n) is 11.8. The second-order valence-corrected chi connectivity index (χ2v) is 11.8. The first-order valence-corrected chi connectivity index (χ1v) is 11.7. The van der Waals surface area contributed by atoms with Gasteiger partial charge in [-0.15, -0.1) is 0 Å². The van der Waals surface area contributed by atoms with E-state index in [4.69, 9.17) is 4.98 Å². The molecule has 4 nitrogen and oxygen atoms in total. The van der Waals surface area contributed by atoms with Crippen molar-refractivity contribution in [3.05, 3.63) is 51.7 Å². The van der Waals surface area contributed by atoms with E-state index >= 15 is 0 Å². The molecule has 4 rings (SSSR count). The largest absolute Gasteiger partial charge is 0.338 e. The lowest BCUT2D eigenvalue weighted by atomic mass is 9.61. The number of pyridine rings is 2. The number of aromatic nitrogens is 3. The van der Waals surface area contributed by atoms with Gasteiger partial charge in [-0.2, -0.15) is 4.57 Å². The summed E-state index contributed by atoms with van der Waals surface area (Å²) in [7, 11) is 0. The third-order valence-electron chi connectivity index (χ3n) is 8.04. The smallest absolute Gasteiger partial charge is 0.252 e. The summed E-state index contributed by atoms with van der Waals surface area (Å²) >= 11 is 0. The summed E-state index contributed by atoms with van der Waals surface area (Å²) in [6.07, 6.45) is 3.95. The van der Waals surface area contributed by atoms with Gasteiger partial charge in [-0.05, 0) is 31.4 Å². The predicted octanol–water partition coefficient (Wildman–Crippen LogP) is 5.54. The number of nitrogens with zero attached hydrogens (tertiary/aromatic N) is 3. The highest BCUT2D eigenvalue weighted by molar-refractivity contribution is 5.95. The van der Waals surface area contributed by atoms with E-state index in [1.165, 1.54) is 5.56 Å². The number of rotatable bonds is 2. The molecule has 0 amide bonds. The summed E-state index contributed by atoms with van der Waals surface area (Å²) in [6.45, 7) is 22.3. The van der Waals surface area contributed by atoms with Gasteiger partial charge in [0.05, 0.1) is 23.2 Å². The summed E-state index contributed by atoms with van der Waals surface area (Å²) in [6, 6.07) is 6.32. The van der Waals surface area contributed by atoms with Crippen LogP contribution in [0.2, 0.25) is 0 Å². The molecule has 31 heavy (non-hydrogen) atoms. The van der Waals surface area contributed by atoms with E-state index < -0.39 is 0 Å². The minimum atomic E-state index is -0.335. The Bertz CT molecular complexity index is 1270. The standard InChI is InChI=1S/C27H38N3O/c1-11-26(9)17-15-19(24(3,4)5)28-18-13-14-29-20(25(6,7)8)16-21(31)30(23(29)22(17)18)27(26,10)12-2/h13-16H,11-12H2,1-10H3/q+1. The van der Waals surface area contributed by atoms with Crippen LogP contribution in [0.25, 0.3) is 16.6 Å². The molecule has 166 valence electrons. The molecular weight excluding hydrogens is 382 g/mol. The highest BCUT2D eigenvalue weighted by atomic mass is 16.1. The Kier molecular flexibility index (Phi) is 4.54. The van der Waals surface area contributed by atoms with Gasteiger partial charge in [-0.25, -0.2) is 9.20 Å². The minimum absolute atomic E-state index is 0.0472. The van der Waals surface area contributed by atoms with E-state index in [1.54, 1.807) is 0 Å². The van der Waals surface area contributed by atoms with Crippen LogP contribution < -0.4 is 9.96 Å². The molecule has 2 unspecified atom stereocenters. The first-order chi connectivity index (χ1) is 14.2. The van der Waals surface area contributed by atoms with Gasteiger partial charge in [0.15, 0.2) is 0 Å². The monoisotopic (exact) mass is 420 g/mol. The summed E-state index contributed by atoms with van der Waals surface area (Å²) in [5, 5.41) is 1.13. The summed E-state index contributed by atoms with van der Waals surface area (Å²) in [5.74, 6) is 0. The van der Waals surface area contributed by atoms with Crippen molar-refractivity contribution < 1.29 is 4.40 Å². The van der Waals surface area contributed by atoms with E-state index in [0.29, 0.717) is 0 Å². The molecule has 0 fully saturated rings. The number of hydrogen-bond acceptors (Lipinski definition) is 2. The zero-order chi connectivity index (χ0) is 23.1. The highest BCUT2D eigenvalue weighted by Gasteiger charge is 2.55. The van der Waals surface area contributed by atoms with Gasteiger partial charge in [0.25, 0.3) is 5.65 Å². The molecule has 4 heterocycles. The van der Waals surface area contributed by atoms with Crippen LogP contribution in [0.15, 0.2) is 29.2 Å². The minimum Gasteiger partial charge on any atom is -0.252 e. The van der Waals surface area contributed by atoms with E-state index in [-0.39, 0.29) is 27.3 Å². The molecule has 0 N–H and O–H groups in total. The molecular formula is C27H38N3O+. The van der Waals surface area contributed by atoms with Crippen LogP contribution in [0, 0.1) is 0 Å². The van der Waals surface area contributed by atoms with Crippen molar-refractivity contribution in [1.82, 2.24) is 9.55 Å². The highest BCUT2D eigenvalue weighted by Crippen LogP contribution is 2.51. The Balaban J connectivity index is 2.38. The van der Waals surface area contributed by atoms with Crippen LogP contribution in [-0.2, 0) is 21.8 Å². The normalized spacial score (nSPS) is 23.8. The number of hydrogen-bond donors (Lipinski definition) is 0. The van der Waals surface area contributed by atoms with Gasteiger partial charge < -0.3 is 0 Å². The molecule has 4 heteroatoms. The van der Waals surface area contributed by atoms with E-state index in [2.05, 4.69) is 96.5 Å². The molecule has 1 aliphatic heterocycles. The van der Waals surface area contributed by atoms with Gasteiger partial charge in [0, 0.05) is 28.0 Å². The van der Waals surface area contributed by atoms with Gasteiger partial charge >= 0.3 is 5.56 Å². The maximum Gasteiger partial charge on any atom is 0.338 e. The Morgan fingerprint density at radius 2 is 1.65 bits per heavy atom. The van der Waals surface area contributed by atoms with Crippen molar-refractivity contribution in [3.63, 3.8) is 0 Å². The summed E-state index contributed by atoms with van der Waals surface area (Å²) in [4.78, 5) is 18.8. The zero-order valence-electron chi connectivity index (χ0n) is 21.0. The van der Waals surface area contributed by atoms with Crippen molar-refractivity contribution in [2.24, 2.45) is 0 Å². The van der Waals surface area contributed by atoms with Gasteiger partial charge in [-0.3, -0.25) is 4.98 Å². The van der Waals surface area contributed by atoms with Crippen LogP contribution in [0.4, 0.5) is 0 Å². The van der Waals surface area contributed by atoms with Crippen LogP contribution in [0.1, 0.15) is 99.0 Å². The molecule has 0 saturated carbocycles. The molecule has 3 aromatic heterocycles. The topological polar surface area (TPSA) is 39.0 Å². The van der Waals surface area contributed by atoms with Crippen LogP contribution in [0.5, 0.6) is 0 Å². The van der Waals surface area contributed by atoms with Crippen molar-refractivity contribution in [2.45, 2.75) is 104 Å². The summed E-state index contributed by atoms with van der Waals surface area (Å²) in [5.41, 5.74) is 4.83. The predicted molar refractivity (Wildman–Crippen MR) is 128 cm³/mol. The Morgan fingerprint density at radius 1 is 1.00 bits per heavy atom. The SMILES string of the molecule is CCC1(C)c2cc(C(C)(C)C)nc3cc[n+]4c(C(C)(C)C)cc(=O)n(c4c23)C1(C)CC. The first kappa shape index (κ1) is 22.0. The molecule has 0 aliphatic carbocycles. The van der Waals surface area contributed by atoms with Crippen molar-refractivity contribution >= 4 is 16.6 Å². The van der Waals surface area contributed by atoms with E-state index in [9.17, 15) is 4.79 Å². The average molecular weight is 421 g/mol. The Morgan fingerprint density at radius 3 is 2.16 bits per heavy atom. The summed E-state index contributed by atoms with van der Waals surface area (Å²) < 4.78 is 4.33. The second kappa shape index (κ2) is 6.40. The molecule has 0 bridgehead atoms. The zero-order valence-corrected chi connectivity index (χ0v) is 21.0. The maximum absolute atomic E-state index is 13.7. The lowest BCUT2D eigenvalue weighted by Crippen LogP contribution is -2.58. The fourth-order valence-electron chi connectivity index (χ4n) is 5.56. The third-order valence-corrected chi connectivity index (χ3v) is 8.04. The van der Waals surface area contributed by atoms with Gasteiger partial charge in [0.1, 0.15) is 11.2 Å². The molecule has 0 saturated heterocycles. The van der Waals surface area contributed by atoms with E-state index in [0.717, 1.165) is 40.8 Å². The van der Waals surface area contributed by atoms with Crippen molar-refractivity contribution in [1.29, 1.82) is 0 Å². The maximum atomic E-state index is 13.7. The van der Waals surface area contributed by atoms with Gasteiger partial charge in [-0.1, -0.05) is 62.3 Å². The molecule has 0 aromatic carbocycles. The lowest BCUT2D eigenvalue weighted by Gasteiger charge is -2.47. The van der Waals surface area contributed by atoms with Gasteiger partial charge in [0.2, 0.25) is 0 Å². The van der Waals surface area contributed by atoms with Crippen molar-refractivity contribution in [2.75, 3.05) is 0 Å². The molecule has 2 atom stereocenters. The van der Waals surface area contributed by atoms with Crippen molar-refractivity contribution in [3.8, 4) is 0 Å². The quantitative estimate of drug-likeness (QED) is 0.403. The fraction of sp³-hybridized carbons (Fsp3) is 0.593. The molecule has 0 spiro atoms. The Labute approximate surface area is 186 Å². The fourth-order valence-corrected chi connectivity index (χ4v) is 5.56. The molecule has 3 aromatic rings. The van der Waals surface area contributed by atoms with Crippen LogP contribution >= 0.6 is 0 Å². The third kappa shape index (κ3) is 2.76.